The zero-order chi connectivity index (χ0) is 21.1. The maximum atomic E-state index is 14.4. The van der Waals surface area contributed by atoms with E-state index in [1.807, 2.05) is 0 Å². The number of aromatic nitrogens is 3. The van der Waals surface area contributed by atoms with Crippen LogP contribution in [0.4, 0.5) is 14.5 Å². The van der Waals surface area contributed by atoms with Crippen molar-refractivity contribution in [3.63, 3.8) is 0 Å². The van der Waals surface area contributed by atoms with Crippen molar-refractivity contribution in [3.8, 4) is 17.0 Å². The molecule has 8 heteroatoms. The second kappa shape index (κ2) is 8.28. The predicted molar refractivity (Wildman–Crippen MR) is 107 cm³/mol. The number of imidazole rings is 1. The first kappa shape index (κ1) is 19.5. The molecule has 0 aliphatic heterocycles. The van der Waals surface area contributed by atoms with Crippen LogP contribution in [0.5, 0.6) is 0 Å². The van der Waals surface area contributed by atoms with Crippen LogP contribution in [0.2, 0.25) is 0 Å². The lowest BCUT2D eigenvalue weighted by molar-refractivity contribution is -0.116. The molecule has 0 saturated heterocycles. The highest BCUT2D eigenvalue weighted by Crippen LogP contribution is 2.24. The van der Waals surface area contributed by atoms with Gasteiger partial charge in [0.05, 0.1) is 17.4 Å². The Morgan fingerprint density at radius 1 is 1.13 bits per heavy atom. The Labute approximate surface area is 171 Å². The van der Waals surface area contributed by atoms with Gasteiger partial charge in [-0.25, -0.2) is 18.7 Å². The minimum absolute atomic E-state index is 0.0845. The molecular weight excluding hydrogens is 390 g/mol. The molecule has 1 amide bonds. The standard InChI is InChI=1S/C22H18F2N4O2/c1-14-25-10-11-28(14)19-7-6-15(12-18(19)24)27-21(29)8-9-22-26-13-20(30-22)16-4-2-3-5-17(16)23/h2-7,10-13H,8-9H2,1H3,(H,27,29). The number of hydrogen-bond donors (Lipinski definition) is 1. The number of hydrogen-bond acceptors (Lipinski definition) is 4. The molecule has 4 rings (SSSR count). The molecule has 4 aromatic rings. The van der Waals surface area contributed by atoms with Crippen LogP contribution in [0.1, 0.15) is 18.1 Å². The molecule has 0 aliphatic rings. The molecule has 1 N–H and O–H groups in total. The lowest BCUT2D eigenvalue weighted by Gasteiger charge is -2.09. The van der Waals surface area contributed by atoms with Gasteiger partial charge in [0.2, 0.25) is 5.91 Å². The number of rotatable bonds is 6. The van der Waals surface area contributed by atoms with Gasteiger partial charge in [-0.3, -0.25) is 4.79 Å². The van der Waals surface area contributed by atoms with Gasteiger partial charge < -0.3 is 14.3 Å². The number of carbonyl (C=O) groups is 1. The summed E-state index contributed by atoms with van der Waals surface area (Å²) in [5.41, 5.74) is 1.01. The van der Waals surface area contributed by atoms with E-state index < -0.39 is 11.6 Å². The maximum Gasteiger partial charge on any atom is 0.224 e. The van der Waals surface area contributed by atoms with Crippen molar-refractivity contribution >= 4 is 11.6 Å². The summed E-state index contributed by atoms with van der Waals surface area (Å²) in [6.07, 6.45) is 5.00. The van der Waals surface area contributed by atoms with E-state index in [2.05, 4.69) is 15.3 Å². The summed E-state index contributed by atoms with van der Waals surface area (Å²) in [7, 11) is 0. The van der Waals surface area contributed by atoms with E-state index in [9.17, 15) is 13.6 Å². The number of amides is 1. The van der Waals surface area contributed by atoms with E-state index >= 15 is 0 Å². The van der Waals surface area contributed by atoms with Crippen LogP contribution in [0, 0.1) is 18.6 Å². The van der Waals surface area contributed by atoms with E-state index in [-0.39, 0.29) is 18.7 Å². The van der Waals surface area contributed by atoms with Gasteiger partial charge in [-0.2, -0.15) is 0 Å². The minimum atomic E-state index is -0.476. The summed E-state index contributed by atoms with van der Waals surface area (Å²) >= 11 is 0. The SMILES string of the molecule is Cc1nccn1-c1ccc(NC(=O)CCc2ncc(-c3ccccc3F)o2)cc1F. The molecule has 0 saturated carbocycles. The van der Waals surface area contributed by atoms with Crippen molar-refractivity contribution in [3.05, 3.63) is 84.4 Å². The number of halogens is 2. The largest absolute Gasteiger partial charge is 0.441 e. The van der Waals surface area contributed by atoms with Crippen LogP contribution < -0.4 is 5.32 Å². The van der Waals surface area contributed by atoms with E-state index in [0.717, 1.165) is 0 Å². The van der Waals surface area contributed by atoms with Gasteiger partial charge in [0, 0.05) is 30.9 Å². The van der Waals surface area contributed by atoms with E-state index in [0.29, 0.717) is 34.4 Å². The van der Waals surface area contributed by atoms with Gasteiger partial charge in [0.1, 0.15) is 17.5 Å². The molecule has 2 heterocycles. The van der Waals surface area contributed by atoms with Crippen molar-refractivity contribution < 1.29 is 18.0 Å². The Hall–Kier alpha value is -3.81. The molecule has 152 valence electrons. The smallest absolute Gasteiger partial charge is 0.224 e. The Morgan fingerprint density at radius 2 is 1.97 bits per heavy atom. The predicted octanol–water partition coefficient (Wildman–Crippen LogP) is 4.69. The number of nitrogens with zero attached hydrogens (tertiary/aromatic N) is 3. The molecule has 2 aromatic carbocycles. The number of oxazole rings is 1. The summed E-state index contributed by atoms with van der Waals surface area (Å²) in [6.45, 7) is 1.77. The monoisotopic (exact) mass is 408 g/mol. The van der Waals surface area contributed by atoms with Gasteiger partial charge in [-0.1, -0.05) is 12.1 Å². The lowest BCUT2D eigenvalue weighted by Crippen LogP contribution is -2.13. The van der Waals surface area contributed by atoms with Crippen LogP contribution in [-0.2, 0) is 11.2 Å². The van der Waals surface area contributed by atoms with Crippen LogP contribution in [0.15, 0.2) is 65.5 Å². The van der Waals surface area contributed by atoms with Gasteiger partial charge >= 0.3 is 0 Å². The van der Waals surface area contributed by atoms with Gasteiger partial charge in [-0.15, -0.1) is 0 Å². The van der Waals surface area contributed by atoms with Crippen LogP contribution in [0.25, 0.3) is 17.0 Å². The minimum Gasteiger partial charge on any atom is -0.441 e. The molecule has 0 spiro atoms. The second-order valence-electron chi connectivity index (χ2n) is 6.66. The van der Waals surface area contributed by atoms with Crippen molar-refractivity contribution in [1.82, 2.24) is 14.5 Å². The average molecular weight is 408 g/mol. The molecule has 0 atom stereocenters. The van der Waals surface area contributed by atoms with Crippen molar-refractivity contribution in [2.45, 2.75) is 19.8 Å². The highest BCUT2D eigenvalue weighted by molar-refractivity contribution is 5.90. The molecule has 0 radical (unpaired) electrons. The van der Waals surface area contributed by atoms with Crippen LogP contribution >= 0.6 is 0 Å². The second-order valence-corrected chi connectivity index (χ2v) is 6.66. The van der Waals surface area contributed by atoms with Crippen molar-refractivity contribution in [2.75, 3.05) is 5.32 Å². The Kier molecular flexibility index (Phi) is 5.38. The van der Waals surface area contributed by atoms with Crippen LogP contribution in [0.3, 0.4) is 0 Å². The average Bonchev–Trinajstić information content (AvgIpc) is 3.36. The third-order valence-corrected chi connectivity index (χ3v) is 4.58. The number of nitrogens with one attached hydrogen (secondary N) is 1. The maximum absolute atomic E-state index is 14.4. The summed E-state index contributed by atoms with van der Waals surface area (Å²) in [5, 5.41) is 2.65. The van der Waals surface area contributed by atoms with Gasteiger partial charge in [0.25, 0.3) is 0 Å². The lowest BCUT2D eigenvalue weighted by atomic mass is 10.2. The van der Waals surface area contributed by atoms with E-state index in [4.69, 9.17) is 4.42 Å². The molecule has 0 bridgehead atoms. The number of carbonyl (C=O) groups excluding carboxylic acids is 1. The molecule has 6 nitrogen and oxygen atoms in total. The Morgan fingerprint density at radius 3 is 2.70 bits per heavy atom. The van der Waals surface area contributed by atoms with Gasteiger partial charge in [-0.05, 0) is 37.3 Å². The highest BCUT2D eigenvalue weighted by atomic mass is 19.1. The van der Waals surface area contributed by atoms with E-state index in [1.165, 1.54) is 18.3 Å². The molecule has 30 heavy (non-hydrogen) atoms. The molecule has 2 aromatic heterocycles. The Bertz CT molecular complexity index is 1200. The summed E-state index contributed by atoms with van der Waals surface area (Å²) < 4.78 is 35.4. The molecule has 0 fully saturated rings. The fraction of sp³-hybridized carbons (Fsp3) is 0.136. The number of anilines is 1. The third kappa shape index (κ3) is 4.12. The van der Waals surface area contributed by atoms with Crippen molar-refractivity contribution in [2.24, 2.45) is 0 Å². The van der Waals surface area contributed by atoms with Gasteiger partial charge in [0.15, 0.2) is 11.7 Å². The molecule has 0 unspecified atom stereocenters. The quantitative estimate of drug-likeness (QED) is 0.503. The summed E-state index contributed by atoms with van der Waals surface area (Å²) in [4.78, 5) is 20.4. The Balaban J connectivity index is 1.37. The first-order valence-corrected chi connectivity index (χ1v) is 9.30. The third-order valence-electron chi connectivity index (χ3n) is 4.58. The highest BCUT2D eigenvalue weighted by Gasteiger charge is 2.13. The normalized spacial score (nSPS) is 10.9. The van der Waals surface area contributed by atoms with Crippen molar-refractivity contribution in [1.29, 1.82) is 0 Å². The fourth-order valence-electron chi connectivity index (χ4n) is 3.07. The summed E-state index contributed by atoms with van der Waals surface area (Å²) in [6, 6.07) is 10.7. The fourth-order valence-corrected chi connectivity index (χ4v) is 3.07. The van der Waals surface area contributed by atoms with E-state index in [1.54, 1.807) is 54.2 Å². The summed E-state index contributed by atoms with van der Waals surface area (Å²) in [5.74, 6) is 0.0832. The molecular formula is C22H18F2N4O2. The molecule has 0 aliphatic carbocycles. The first-order valence-electron chi connectivity index (χ1n) is 9.30. The zero-order valence-electron chi connectivity index (χ0n) is 16.1. The first-order chi connectivity index (χ1) is 14.5. The zero-order valence-corrected chi connectivity index (χ0v) is 16.1. The van der Waals surface area contributed by atoms with Crippen LogP contribution in [-0.4, -0.2) is 20.4 Å². The number of benzene rings is 2. The topological polar surface area (TPSA) is 73.0 Å². The number of aryl methyl sites for hydroxylation is 2.